The number of hydrogen-bond acceptors (Lipinski definition) is 5. The fourth-order valence-corrected chi connectivity index (χ4v) is 2.78. The van der Waals surface area contributed by atoms with Gasteiger partial charge in [0.2, 0.25) is 0 Å². The Bertz CT molecular complexity index is 621. The molecule has 1 aliphatic rings. The maximum Gasteiger partial charge on any atom is 0.283 e. The first-order valence-electron chi connectivity index (χ1n) is 6.12. The Hall–Kier alpha value is -1.21. The number of halogens is 1. The van der Waals surface area contributed by atoms with Gasteiger partial charge in [-0.2, -0.15) is 5.10 Å². The van der Waals surface area contributed by atoms with Crippen molar-refractivity contribution in [3.63, 3.8) is 0 Å². The molecule has 1 aliphatic carbocycles. The molecule has 0 amide bonds. The summed E-state index contributed by atoms with van der Waals surface area (Å²) in [6, 6.07) is 0. The number of anilines is 1. The molecule has 2 heterocycles. The first-order chi connectivity index (χ1) is 9.24. The van der Waals surface area contributed by atoms with Gasteiger partial charge >= 0.3 is 0 Å². The standard InChI is InChI=1S/C12H13BrN4OS/c13-11-9(15-6-10-14-3-4-19-10)5-16-17(12(11)18)7-8-1-2-8/h3-5,8,15H,1-2,6-7H2. The highest BCUT2D eigenvalue weighted by Gasteiger charge is 2.23. The zero-order valence-corrected chi connectivity index (χ0v) is 12.6. The molecule has 5 nitrogen and oxygen atoms in total. The van der Waals surface area contributed by atoms with Gasteiger partial charge in [0.15, 0.2) is 0 Å². The number of aromatic nitrogens is 3. The third kappa shape index (κ3) is 3.03. The van der Waals surface area contributed by atoms with Crippen LogP contribution < -0.4 is 10.9 Å². The average Bonchev–Trinajstić information content (AvgIpc) is 3.07. The molecular weight excluding hydrogens is 328 g/mol. The molecule has 0 unspecified atom stereocenters. The normalized spacial score (nSPS) is 14.6. The van der Waals surface area contributed by atoms with Crippen LogP contribution in [0, 0.1) is 5.92 Å². The van der Waals surface area contributed by atoms with Crippen molar-refractivity contribution in [3.05, 3.63) is 37.6 Å². The smallest absolute Gasteiger partial charge is 0.283 e. The molecule has 0 saturated heterocycles. The van der Waals surface area contributed by atoms with Gasteiger partial charge < -0.3 is 5.32 Å². The van der Waals surface area contributed by atoms with E-state index in [-0.39, 0.29) is 5.56 Å². The molecule has 2 aromatic rings. The molecule has 1 saturated carbocycles. The summed E-state index contributed by atoms with van der Waals surface area (Å²) in [4.78, 5) is 16.3. The minimum Gasteiger partial charge on any atom is -0.376 e. The van der Waals surface area contributed by atoms with Crippen LogP contribution in [0.5, 0.6) is 0 Å². The molecule has 2 aromatic heterocycles. The molecule has 0 bridgehead atoms. The summed E-state index contributed by atoms with van der Waals surface area (Å²) >= 11 is 4.93. The van der Waals surface area contributed by atoms with Crippen LogP contribution in [0.4, 0.5) is 5.69 Å². The summed E-state index contributed by atoms with van der Waals surface area (Å²) in [5.41, 5.74) is 0.642. The van der Waals surface area contributed by atoms with Gasteiger partial charge in [0.1, 0.15) is 9.48 Å². The lowest BCUT2D eigenvalue weighted by Gasteiger charge is -2.09. The highest BCUT2D eigenvalue weighted by Crippen LogP contribution is 2.30. The number of hydrogen-bond donors (Lipinski definition) is 1. The Morgan fingerprint density at radius 1 is 1.53 bits per heavy atom. The predicted octanol–water partition coefficient (Wildman–Crippen LogP) is 2.48. The van der Waals surface area contributed by atoms with Crippen molar-refractivity contribution < 1.29 is 0 Å². The fraction of sp³-hybridized carbons (Fsp3) is 0.417. The van der Waals surface area contributed by atoms with E-state index < -0.39 is 0 Å². The topological polar surface area (TPSA) is 59.8 Å². The first-order valence-corrected chi connectivity index (χ1v) is 7.79. The highest BCUT2D eigenvalue weighted by atomic mass is 79.9. The Morgan fingerprint density at radius 2 is 2.37 bits per heavy atom. The van der Waals surface area contributed by atoms with E-state index in [0.29, 0.717) is 22.6 Å². The quantitative estimate of drug-likeness (QED) is 0.908. The van der Waals surface area contributed by atoms with Crippen LogP contribution >= 0.6 is 27.3 Å². The molecular formula is C12H13BrN4OS. The van der Waals surface area contributed by atoms with Gasteiger partial charge in [-0.05, 0) is 34.7 Å². The van der Waals surface area contributed by atoms with E-state index in [1.165, 1.54) is 17.5 Å². The molecule has 1 N–H and O–H groups in total. The van der Waals surface area contributed by atoms with Crippen molar-refractivity contribution in [1.82, 2.24) is 14.8 Å². The summed E-state index contributed by atoms with van der Waals surface area (Å²) in [6.07, 6.45) is 5.87. The van der Waals surface area contributed by atoms with E-state index in [9.17, 15) is 4.79 Å². The van der Waals surface area contributed by atoms with Gasteiger partial charge in [0.05, 0.1) is 18.4 Å². The molecule has 7 heteroatoms. The summed E-state index contributed by atoms with van der Waals surface area (Å²) in [7, 11) is 0. The van der Waals surface area contributed by atoms with Crippen molar-refractivity contribution in [2.75, 3.05) is 5.32 Å². The Kier molecular flexibility index (Phi) is 3.65. The third-order valence-electron chi connectivity index (χ3n) is 3.03. The molecule has 0 atom stereocenters. The maximum atomic E-state index is 12.1. The van der Waals surface area contributed by atoms with Crippen LogP contribution in [0.3, 0.4) is 0 Å². The van der Waals surface area contributed by atoms with Gasteiger partial charge in [-0.1, -0.05) is 0 Å². The molecule has 0 spiro atoms. The van der Waals surface area contributed by atoms with E-state index in [4.69, 9.17) is 0 Å². The van der Waals surface area contributed by atoms with Crippen LogP contribution in [-0.2, 0) is 13.1 Å². The van der Waals surface area contributed by atoms with Crippen molar-refractivity contribution in [2.45, 2.75) is 25.9 Å². The van der Waals surface area contributed by atoms with Gasteiger partial charge in [0.25, 0.3) is 5.56 Å². The first kappa shape index (κ1) is 12.8. The minimum atomic E-state index is -0.0731. The van der Waals surface area contributed by atoms with E-state index in [2.05, 4.69) is 31.3 Å². The van der Waals surface area contributed by atoms with Gasteiger partial charge in [-0.25, -0.2) is 9.67 Å². The van der Waals surface area contributed by atoms with E-state index in [1.54, 1.807) is 23.7 Å². The van der Waals surface area contributed by atoms with Crippen LogP contribution in [-0.4, -0.2) is 14.8 Å². The van der Waals surface area contributed by atoms with Gasteiger partial charge in [0, 0.05) is 18.1 Å². The lowest BCUT2D eigenvalue weighted by molar-refractivity contribution is 0.532. The molecule has 0 aromatic carbocycles. The van der Waals surface area contributed by atoms with E-state index >= 15 is 0 Å². The molecule has 19 heavy (non-hydrogen) atoms. The molecule has 3 rings (SSSR count). The predicted molar refractivity (Wildman–Crippen MR) is 78.4 cm³/mol. The van der Waals surface area contributed by atoms with Crippen molar-refractivity contribution >= 4 is 33.0 Å². The number of rotatable bonds is 5. The van der Waals surface area contributed by atoms with Crippen LogP contribution in [0.2, 0.25) is 0 Å². The zero-order valence-electron chi connectivity index (χ0n) is 10.2. The largest absolute Gasteiger partial charge is 0.376 e. The number of thiazole rings is 1. The number of nitrogens with zero attached hydrogens (tertiary/aromatic N) is 3. The van der Waals surface area contributed by atoms with E-state index in [1.807, 2.05) is 5.38 Å². The van der Waals surface area contributed by atoms with E-state index in [0.717, 1.165) is 11.6 Å². The zero-order chi connectivity index (χ0) is 13.2. The maximum absolute atomic E-state index is 12.1. The average molecular weight is 341 g/mol. The summed E-state index contributed by atoms with van der Waals surface area (Å²) < 4.78 is 2.08. The Morgan fingerprint density at radius 3 is 3.05 bits per heavy atom. The molecule has 100 valence electrons. The molecule has 0 radical (unpaired) electrons. The number of nitrogens with one attached hydrogen (secondary N) is 1. The fourth-order valence-electron chi connectivity index (χ4n) is 1.77. The second-order valence-electron chi connectivity index (χ2n) is 4.58. The minimum absolute atomic E-state index is 0.0731. The second kappa shape index (κ2) is 5.42. The molecule has 0 aliphatic heterocycles. The molecule has 1 fully saturated rings. The van der Waals surface area contributed by atoms with Gasteiger partial charge in [-0.15, -0.1) is 11.3 Å². The third-order valence-corrected chi connectivity index (χ3v) is 4.57. The Labute approximate surface area is 122 Å². The summed E-state index contributed by atoms with van der Waals surface area (Å²) in [5.74, 6) is 0.631. The summed E-state index contributed by atoms with van der Waals surface area (Å²) in [6.45, 7) is 1.33. The van der Waals surface area contributed by atoms with Crippen molar-refractivity contribution in [2.24, 2.45) is 5.92 Å². The monoisotopic (exact) mass is 340 g/mol. The SMILES string of the molecule is O=c1c(Br)c(NCc2nccs2)cnn1CC1CC1. The van der Waals surface area contributed by atoms with Crippen molar-refractivity contribution in [3.8, 4) is 0 Å². The van der Waals surface area contributed by atoms with Gasteiger partial charge in [-0.3, -0.25) is 4.79 Å². The van der Waals surface area contributed by atoms with Crippen LogP contribution in [0.25, 0.3) is 0 Å². The van der Waals surface area contributed by atoms with Crippen LogP contribution in [0.15, 0.2) is 27.0 Å². The second-order valence-corrected chi connectivity index (χ2v) is 6.35. The van der Waals surface area contributed by atoms with Crippen LogP contribution in [0.1, 0.15) is 17.8 Å². The summed E-state index contributed by atoms with van der Waals surface area (Å²) in [5, 5.41) is 10.3. The highest BCUT2D eigenvalue weighted by molar-refractivity contribution is 9.10. The lowest BCUT2D eigenvalue weighted by atomic mass is 10.4. The lowest BCUT2D eigenvalue weighted by Crippen LogP contribution is -2.25. The van der Waals surface area contributed by atoms with Crippen molar-refractivity contribution in [1.29, 1.82) is 0 Å². The Balaban J connectivity index is 1.74.